The van der Waals surface area contributed by atoms with Gasteiger partial charge in [0.2, 0.25) is 20.0 Å². The number of anilines is 1. The minimum absolute atomic E-state index is 0.0598. The number of nitrogens with zero attached hydrogens (tertiary/aromatic N) is 3. The Kier molecular flexibility index (Phi) is 5.81. The number of nitro benzene ring substituents is 1. The van der Waals surface area contributed by atoms with Gasteiger partial charge >= 0.3 is 0 Å². The van der Waals surface area contributed by atoms with Crippen LogP contribution in [0, 0.1) is 10.1 Å². The first-order valence-electron chi connectivity index (χ1n) is 8.92. The van der Waals surface area contributed by atoms with Crippen LogP contribution in [0.5, 0.6) is 0 Å². The van der Waals surface area contributed by atoms with E-state index >= 15 is 0 Å². The van der Waals surface area contributed by atoms with Crippen molar-refractivity contribution in [2.75, 3.05) is 16.7 Å². The van der Waals surface area contributed by atoms with Crippen molar-refractivity contribution in [2.24, 2.45) is 5.10 Å². The highest BCUT2D eigenvalue weighted by atomic mass is 32.2. The number of sulfonamides is 2. The number of nitro groups is 1. The van der Waals surface area contributed by atoms with Crippen LogP contribution in [0.4, 0.5) is 11.4 Å². The summed E-state index contributed by atoms with van der Waals surface area (Å²) in [6.07, 6.45) is 1.24. The zero-order chi connectivity index (χ0) is 22.1. The van der Waals surface area contributed by atoms with Gasteiger partial charge in [-0.15, -0.1) is 0 Å². The fourth-order valence-corrected chi connectivity index (χ4v) is 4.59. The zero-order valence-electron chi connectivity index (χ0n) is 16.2. The van der Waals surface area contributed by atoms with Crippen molar-refractivity contribution < 1.29 is 21.8 Å². The van der Waals surface area contributed by atoms with Gasteiger partial charge in [-0.05, 0) is 30.2 Å². The lowest BCUT2D eigenvalue weighted by Gasteiger charge is -2.21. The molecular weight excluding hydrogens is 432 g/mol. The predicted molar refractivity (Wildman–Crippen MR) is 113 cm³/mol. The van der Waals surface area contributed by atoms with E-state index in [1.807, 2.05) is 0 Å². The van der Waals surface area contributed by atoms with E-state index in [1.165, 1.54) is 25.1 Å². The van der Waals surface area contributed by atoms with Gasteiger partial charge in [0.15, 0.2) is 0 Å². The van der Waals surface area contributed by atoms with Crippen LogP contribution in [0.1, 0.15) is 30.5 Å². The fourth-order valence-electron chi connectivity index (χ4n) is 3.04. The maximum atomic E-state index is 12.3. The fraction of sp³-hybridized carbons (Fsp3) is 0.278. The molecule has 3 rings (SSSR count). The third-order valence-corrected chi connectivity index (χ3v) is 6.87. The van der Waals surface area contributed by atoms with Crippen LogP contribution in [0.2, 0.25) is 0 Å². The molecule has 12 heteroatoms. The predicted octanol–water partition coefficient (Wildman–Crippen LogP) is 2.47. The van der Waals surface area contributed by atoms with E-state index in [-0.39, 0.29) is 17.9 Å². The van der Waals surface area contributed by atoms with Gasteiger partial charge in [-0.2, -0.15) is 9.52 Å². The van der Waals surface area contributed by atoms with Gasteiger partial charge in [-0.1, -0.05) is 24.3 Å². The Bertz CT molecular complexity index is 1210. The summed E-state index contributed by atoms with van der Waals surface area (Å²) >= 11 is 0. The normalized spacial score (nSPS) is 16.9. The number of hydrogen-bond acceptors (Lipinski definition) is 7. The van der Waals surface area contributed by atoms with Gasteiger partial charge in [-0.3, -0.25) is 14.8 Å². The van der Waals surface area contributed by atoms with Crippen LogP contribution < -0.4 is 4.72 Å². The van der Waals surface area contributed by atoms with E-state index in [9.17, 15) is 26.9 Å². The molecule has 0 saturated carbocycles. The molecule has 0 saturated heterocycles. The molecule has 2 aromatic rings. The largest absolute Gasteiger partial charge is 0.284 e. The van der Waals surface area contributed by atoms with Gasteiger partial charge in [0.25, 0.3) is 5.69 Å². The Morgan fingerprint density at radius 1 is 1.17 bits per heavy atom. The van der Waals surface area contributed by atoms with Crippen molar-refractivity contribution in [1.29, 1.82) is 0 Å². The molecule has 30 heavy (non-hydrogen) atoms. The average molecular weight is 453 g/mol. The molecule has 1 N–H and O–H groups in total. The number of rotatable bonds is 7. The molecular formula is C18H20N4O6S2. The molecule has 0 fully saturated rings. The first-order valence-corrected chi connectivity index (χ1v) is 12.4. The van der Waals surface area contributed by atoms with Crippen molar-refractivity contribution in [2.45, 2.75) is 19.4 Å². The maximum absolute atomic E-state index is 12.3. The van der Waals surface area contributed by atoms with E-state index in [0.29, 0.717) is 22.5 Å². The van der Waals surface area contributed by atoms with Gasteiger partial charge in [-0.25, -0.2) is 16.8 Å². The summed E-state index contributed by atoms with van der Waals surface area (Å²) in [6, 6.07) is 11.5. The highest BCUT2D eigenvalue weighted by Crippen LogP contribution is 2.35. The molecule has 1 aliphatic rings. The van der Waals surface area contributed by atoms with Gasteiger partial charge in [0.1, 0.15) is 0 Å². The molecule has 160 valence electrons. The molecule has 1 aliphatic heterocycles. The van der Waals surface area contributed by atoms with E-state index in [0.717, 1.165) is 10.7 Å². The van der Waals surface area contributed by atoms with Gasteiger partial charge in [0, 0.05) is 24.2 Å². The molecule has 1 heterocycles. The average Bonchev–Trinajstić information content (AvgIpc) is 3.14. The third kappa shape index (κ3) is 4.76. The van der Waals surface area contributed by atoms with E-state index in [4.69, 9.17) is 0 Å². The Morgan fingerprint density at radius 2 is 1.83 bits per heavy atom. The highest BCUT2D eigenvalue weighted by Gasteiger charge is 2.35. The van der Waals surface area contributed by atoms with E-state index in [2.05, 4.69) is 9.82 Å². The van der Waals surface area contributed by atoms with Crippen LogP contribution in [0.15, 0.2) is 53.6 Å². The second kappa shape index (κ2) is 8.03. The summed E-state index contributed by atoms with van der Waals surface area (Å²) < 4.78 is 51.3. The summed E-state index contributed by atoms with van der Waals surface area (Å²) in [5, 5.41) is 15.3. The minimum Gasteiger partial charge on any atom is -0.284 e. The van der Waals surface area contributed by atoms with Crippen LogP contribution in [-0.2, 0) is 20.0 Å². The topological polar surface area (TPSA) is 139 Å². The summed E-state index contributed by atoms with van der Waals surface area (Å²) in [5.41, 5.74) is 1.80. The minimum atomic E-state index is -3.73. The molecule has 1 unspecified atom stereocenters. The Hall–Kier alpha value is -2.99. The summed E-state index contributed by atoms with van der Waals surface area (Å²) in [5.74, 6) is -0.0598. The molecule has 2 aromatic carbocycles. The van der Waals surface area contributed by atoms with Crippen molar-refractivity contribution in [3.8, 4) is 0 Å². The quantitative estimate of drug-likeness (QED) is 0.506. The lowest BCUT2D eigenvalue weighted by molar-refractivity contribution is -0.384. The van der Waals surface area contributed by atoms with Crippen LogP contribution >= 0.6 is 0 Å². The Labute approximate surface area is 174 Å². The first kappa shape index (κ1) is 21.7. The molecule has 0 spiro atoms. The SMILES string of the molecule is CCS(=O)(=O)Nc1ccc(C2=NN(S(C)(=O)=O)C(c3cccc([N+](=O)[O-])c3)C2)cc1. The van der Waals surface area contributed by atoms with Crippen molar-refractivity contribution >= 4 is 37.1 Å². The maximum Gasteiger partial charge on any atom is 0.269 e. The number of benzene rings is 2. The third-order valence-electron chi connectivity index (χ3n) is 4.55. The molecule has 0 amide bonds. The number of nitrogens with one attached hydrogen (secondary N) is 1. The first-order chi connectivity index (χ1) is 14.0. The van der Waals surface area contributed by atoms with Crippen molar-refractivity contribution in [3.63, 3.8) is 0 Å². The summed E-state index contributed by atoms with van der Waals surface area (Å²) in [4.78, 5) is 10.5. The lowest BCUT2D eigenvalue weighted by atomic mass is 9.99. The standard InChI is InChI=1S/C18H20N4O6S2/c1-3-30(27,28)20-15-9-7-13(8-10-15)17-12-18(21(19-17)29(2,25)26)14-5-4-6-16(11-14)22(23)24/h4-11,18,20H,3,12H2,1-2H3. The molecule has 10 nitrogen and oxygen atoms in total. The van der Waals surface area contributed by atoms with Crippen molar-refractivity contribution in [3.05, 3.63) is 69.8 Å². The molecule has 0 bridgehead atoms. The second-order valence-corrected chi connectivity index (χ2v) is 10.6. The van der Waals surface area contributed by atoms with E-state index in [1.54, 1.807) is 30.3 Å². The van der Waals surface area contributed by atoms with Crippen LogP contribution in [0.25, 0.3) is 0 Å². The van der Waals surface area contributed by atoms with Gasteiger partial charge in [0.05, 0.1) is 28.7 Å². The lowest BCUT2D eigenvalue weighted by Crippen LogP contribution is -2.25. The number of hydrazone groups is 1. The Morgan fingerprint density at radius 3 is 2.40 bits per heavy atom. The number of non-ortho nitro benzene ring substituents is 1. The molecule has 0 aromatic heterocycles. The molecule has 0 aliphatic carbocycles. The number of hydrogen-bond donors (Lipinski definition) is 1. The summed E-state index contributed by atoms with van der Waals surface area (Å²) in [7, 11) is -7.14. The van der Waals surface area contributed by atoms with Crippen LogP contribution in [0.3, 0.4) is 0 Å². The smallest absolute Gasteiger partial charge is 0.269 e. The zero-order valence-corrected chi connectivity index (χ0v) is 17.9. The Balaban J connectivity index is 1.92. The van der Waals surface area contributed by atoms with Crippen molar-refractivity contribution in [1.82, 2.24) is 4.41 Å². The van der Waals surface area contributed by atoms with Gasteiger partial charge < -0.3 is 0 Å². The van der Waals surface area contributed by atoms with E-state index < -0.39 is 31.0 Å². The second-order valence-electron chi connectivity index (χ2n) is 6.74. The molecule has 1 atom stereocenters. The monoisotopic (exact) mass is 452 g/mol. The summed E-state index contributed by atoms with van der Waals surface area (Å²) in [6.45, 7) is 1.53. The van der Waals surface area contributed by atoms with Crippen LogP contribution in [-0.4, -0.2) is 43.9 Å². The highest BCUT2D eigenvalue weighted by molar-refractivity contribution is 7.92. The molecule has 0 radical (unpaired) electrons.